The number of benzene rings is 2. The number of hydrogen-bond acceptors (Lipinski definition) is 3. The van der Waals surface area contributed by atoms with Crippen LogP contribution in [0, 0.1) is 11.8 Å². The van der Waals surface area contributed by atoms with Gasteiger partial charge in [-0.05, 0) is 54.4 Å². The number of phenols is 1. The third kappa shape index (κ3) is 3.14. The van der Waals surface area contributed by atoms with E-state index >= 15 is 0 Å². The third-order valence-corrected chi connectivity index (χ3v) is 5.74. The van der Waals surface area contributed by atoms with Crippen LogP contribution >= 0.6 is 0 Å². The van der Waals surface area contributed by atoms with Crippen LogP contribution in [0.4, 0.5) is 0 Å². The second kappa shape index (κ2) is 6.52. The minimum Gasteiger partial charge on any atom is -0.507 e. The molecular weight excluding hydrogens is 312 g/mol. The van der Waals surface area contributed by atoms with Crippen molar-refractivity contribution in [1.82, 2.24) is 4.90 Å². The Kier molecular flexibility index (Phi) is 4.22. The van der Waals surface area contributed by atoms with E-state index in [1.54, 1.807) is 6.07 Å². The van der Waals surface area contributed by atoms with E-state index in [0.717, 1.165) is 31.4 Å². The van der Waals surface area contributed by atoms with Gasteiger partial charge in [0.05, 0.1) is 5.56 Å². The van der Waals surface area contributed by atoms with Crippen molar-refractivity contribution in [1.29, 1.82) is 0 Å². The summed E-state index contributed by atoms with van der Waals surface area (Å²) in [5, 5.41) is 10.2. The molecule has 1 saturated heterocycles. The SMILES string of the molecule is NC1CCC2CN(C(=O)c3cc(Cc4ccccc4)ccc3O)CC12. The highest BCUT2D eigenvalue weighted by Crippen LogP contribution is 2.38. The molecule has 1 aliphatic carbocycles. The van der Waals surface area contributed by atoms with Crippen LogP contribution in [0.15, 0.2) is 48.5 Å². The third-order valence-electron chi connectivity index (χ3n) is 5.74. The number of carbonyl (C=O) groups excluding carboxylic acids is 1. The van der Waals surface area contributed by atoms with Gasteiger partial charge in [-0.2, -0.15) is 0 Å². The predicted octanol–water partition coefficient (Wildman–Crippen LogP) is 2.79. The largest absolute Gasteiger partial charge is 0.507 e. The number of rotatable bonds is 3. The summed E-state index contributed by atoms with van der Waals surface area (Å²) in [6, 6.07) is 15.7. The molecule has 4 nitrogen and oxygen atoms in total. The highest BCUT2D eigenvalue weighted by atomic mass is 16.3. The van der Waals surface area contributed by atoms with Crippen LogP contribution in [0.5, 0.6) is 5.75 Å². The highest BCUT2D eigenvalue weighted by Gasteiger charge is 2.42. The van der Waals surface area contributed by atoms with E-state index in [1.165, 1.54) is 5.56 Å². The number of likely N-dealkylation sites (tertiary alicyclic amines) is 1. The first-order valence-electron chi connectivity index (χ1n) is 9.02. The topological polar surface area (TPSA) is 66.6 Å². The molecule has 1 amide bonds. The monoisotopic (exact) mass is 336 g/mol. The summed E-state index contributed by atoms with van der Waals surface area (Å²) in [6.45, 7) is 1.48. The first kappa shape index (κ1) is 16.2. The Balaban J connectivity index is 1.53. The van der Waals surface area contributed by atoms with Crippen molar-refractivity contribution in [3.8, 4) is 5.75 Å². The van der Waals surface area contributed by atoms with E-state index in [9.17, 15) is 9.90 Å². The minimum absolute atomic E-state index is 0.0585. The van der Waals surface area contributed by atoms with Gasteiger partial charge in [0.25, 0.3) is 5.91 Å². The summed E-state index contributed by atoms with van der Waals surface area (Å²) in [5.74, 6) is 0.921. The van der Waals surface area contributed by atoms with E-state index in [-0.39, 0.29) is 17.7 Å². The molecule has 3 unspecified atom stereocenters. The van der Waals surface area contributed by atoms with Crippen molar-refractivity contribution in [3.05, 3.63) is 65.2 Å². The normalized spacial score (nSPS) is 25.2. The molecule has 1 heterocycles. The molecule has 4 heteroatoms. The van der Waals surface area contributed by atoms with E-state index in [2.05, 4.69) is 12.1 Å². The molecule has 3 N–H and O–H groups in total. The van der Waals surface area contributed by atoms with E-state index in [0.29, 0.717) is 23.9 Å². The number of nitrogens with zero attached hydrogens (tertiary/aromatic N) is 1. The zero-order valence-corrected chi connectivity index (χ0v) is 14.3. The van der Waals surface area contributed by atoms with Crippen molar-refractivity contribution >= 4 is 5.91 Å². The number of hydrogen-bond donors (Lipinski definition) is 2. The van der Waals surface area contributed by atoms with Gasteiger partial charge in [0.15, 0.2) is 0 Å². The maximum atomic E-state index is 12.9. The molecule has 1 saturated carbocycles. The fourth-order valence-electron chi connectivity index (χ4n) is 4.34. The van der Waals surface area contributed by atoms with Gasteiger partial charge in [-0.15, -0.1) is 0 Å². The van der Waals surface area contributed by atoms with Crippen LogP contribution in [0.2, 0.25) is 0 Å². The molecule has 2 aliphatic rings. The fraction of sp³-hybridized carbons (Fsp3) is 0.381. The number of aromatic hydroxyl groups is 1. The first-order valence-corrected chi connectivity index (χ1v) is 9.02. The maximum Gasteiger partial charge on any atom is 0.257 e. The number of amides is 1. The molecule has 0 aromatic heterocycles. The highest BCUT2D eigenvalue weighted by molar-refractivity contribution is 5.97. The Morgan fingerprint density at radius 2 is 1.88 bits per heavy atom. The van der Waals surface area contributed by atoms with Crippen LogP contribution in [0.1, 0.15) is 34.3 Å². The van der Waals surface area contributed by atoms with Crippen molar-refractivity contribution in [2.45, 2.75) is 25.3 Å². The van der Waals surface area contributed by atoms with Crippen LogP contribution in [0.3, 0.4) is 0 Å². The van der Waals surface area contributed by atoms with Gasteiger partial charge in [-0.1, -0.05) is 36.4 Å². The second-order valence-corrected chi connectivity index (χ2v) is 7.39. The smallest absolute Gasteiger partial charge is 0.257 e. The standard InChI is InChI=1S/C21H24N2O2/c22-19-8-7-16-12-23(13-18(16)19)21(25)17-11-15(6-9-20(17)24)10-14-4-2-1-3-5-14/h1-6,9,11,16,18-19,24H,7-8,10,12-13,22H2. The van der Waals surface area contributed by atoms with Crippen LogP contribution in [0.25, 0.3) is 0 Å². The van der Waals surface area contributed by atoms with Gasteiger partial charge in [-0.3, -0.25) is 4.79 Å². The quantitative estimate of drug-likeness (QED) is 0.906. The second-order valence-electron chi connectivity index (χ2n) is 7.39. The molecule has 0 radical (unpaired) electrons. The summed E-state index contributed by atoms with van der Waals surface area (Å²) >= 11 is 0. The average Bonchev–Trinajstić information content (AvgIpc) is 3.19. The average molecular weight is 336 g/mol. The molecule has 1 aliphatic heterocycles. The number of phenolic OH excluding ortho intramolecular Hbond substituents is 1. The molecule has 25 heavy (non-hydrogen) atoms. The minimum atomic E-state index is -0.0750. The Morgan fingerprint density at radius 3 is 2.64 bits per heavy atom. The van der Waals surface area contributed by atoms with E-state index in [4.69, 9.17) is 5.73 Å². The summed E-state index contributed by atoms with van der Waals surface area (Å²) in [4.78, 5) is 14.8. The lowest BCUT2D eigenvalue weighted by molar-refractivity contribution is 0.0776. The van der Waals surface area contributed by atoms with Crippen molar-refractivity contribution in [2.24, 2.45) is 17.6 Å². The van der Waals surface area contributed by atoms with Crippen LogP contribution in [-0.4, -0.2) is 35.0 Å². The first-order chi connectivity index (χ1) is 12.1. The summed E-state index contributed by atoms with van der Waals surface area (Å²) in [6.07, 6.45) is 2.92. The molecule has 2 fully saturated rings. The summed E-state index contributed by atoms with van der Waals surface area (Å²) < 4.78 is 0. The van der Waals surface area contributed by atoms with Crippen LogP contribution in [-0.2, 0) is 6.42 Å². The van der Waals surface area contributed by atoms with Gasteiger partial charge in [0.2, 0.25) is 0 Å². The molecule has 0 spiro atoms. The van der Waals surface area contributed by atoms with Gasteiger partial charge in [0, 0.05) is 19.1 Å². The van der Waals surface area contributed by atoms with Gasteiger partial charge in [0.1, 0.15) is 5.75 Å². The predicted molar refractivity (Wildman–Crippen MR) is 97.4 cm³/mol. The zero-order chi connectivity index (χ0) is 17.4. The maximum absolute atomic E-state index is 12.9. The number of nitrogens with two attached hydrogens (primary N) is 1. The van der Waals surface area contributed by atoms with Gasteiger partial charge < -0.3 is 15.7 Å². The summed E-state index contributed by atoms with van der Waals surface area (Å²) in [7, 11) is 0. The Morgan fingerprint density at radius 1 is 1.08 bits per heavy atom. The molecule has 4 rings (SSSR count). The van der Waals surface area contributed by atoms with Crippen molar-refractivity contribution in [2.75, 3.05) is 13.1 Å². The molecule has 0 bridgehead atoms. The molecular formula is C21H24N2O2. The molecule has 3 atom stereocenters. The lowest BCUT2D eigenvalue weighted by atomic mass is 9.98. The Hall–Kier alpha value is -2.33. The van der Waals surface area contributed by atoms with Crippen molar-refractivity contribution in [3.63, 3.8) is 0 Å². The van der Waals surface area contributed by atoms with Crippen molar-refractivity contribution < 1.29 is 9.90 Å². The summed E-state index contributed by atoms with van der Waals surface area (Å²) in [5.41, 5.74) is 8.80. The van der Waals surface area contributed by atoms with Gasteiger partial charge >= 0.3 is 0 Å². The van der Waals surface area contributed by atoms with Gasteiger partial charge in [-0.25, -0.2) is 0 Å². The number of carbonyl (C=O) groups is 1. The molecule has 2 aromatic carbocycles. The van der Waals surface area contributed by atoms with E-state index < -0.39 is 0 Å². The molecule has 130 valence electrons. The fourth-order valence-corrected chi connectivity index (χ4v) is 4.34. The Labute approximate surface area is 148 Å². The number of fused-ring (bicyclic) bond motifs is 1. The molecule has 2 aromatic rings. The lowest BCUT2D eigenvalue weighted by Crippen LogP contribution is -2.33. The lowest BCUT2D eigenvalue weighted by Gasteiger charge is -2.19. The van der Waals surface area contributed by atoms with Crippen LogP contribution < -0.4 is 5.73 Å². The Bertz CT molecular complexity index is 775. The van der Waals surface area contributed by atoms with E-state index in [1.807, 2.05) is 35.2 Å². The zero-order valence-electron chi connectivity index (χ0n) is 14.3.